The molecule has 4 aromatic rings. The number of amides is 1. The molecular weight excluding hydrogens is 481 g/mol. The molecule has 0 aliphatic carbocycles. The Morgan fingerprint density at radius 1 is 1.20 bits per heavy atom. The summed E-state index contributed by atoms with van der Waals surface area (Å²) >= 11 is 1.19. The number of tetrazole rings is 1. The van der Waals surface area contributed by atoms with E-state index in [4.69, 9.17) is 0 Å². The first-order valence-electron chi connectivity index (χ1n) is 10.4. The third kappa shape index (κ3) is 4.94. The molecule has 2 N–H and O–H groups in total. The van der Waals surface area contributed by atoms with Gasteiger partial charge < -0.3 is 5.32 Å². The Balaban J connectivity index is 1.36. The van der Waals surface area contributed by atoms with E-state index in [-0.39, 0.29) is 24.6 Å². The van der Waals surface area contributed by atoms with Gasteiger partial charge in [-0.15, -0.1) is 10.2 Å². The molecule has 35 heavy (non-hydrogen) atoms. The van der Waals surface area contributed by atoms with Crippen LogP contribution in [0.1, 0.15) is 28.1 Å². The van der Waals surface area contributed by atoms with Gasteiger partial charge in [-0.25, -0.2) is 0 Å². The molecule has 2 aromatic carbocycles. The van der Waals surface area contributed by atoms with E-state index in [2.05, 4.69) is 36.0 Å². The SMILES string of the molecule is Cc1ccc(Cn2ncc3cc(/C=C4\SC(=NCc5nn[nH]n5)NC4=O)ccc32)c(C(F)(F)F)c1. The highest BCUT2D eigenvalue weighted by atomic mass is 32.2. The number of hydrogen-bond donors (Lipinski definition) is 2. The van der Waals surface area contributed by atoms with E-state index in [1.54, 1.807) is 37.4 Å². The molecule has 0 unspecified atom stereocenters. The van der Waals surface area contributed by atoms with Crippen molar-refractivity contribution in [1.29, 1.82) is 0 Å². The zero-order chi connectivity index (χ0) is 24.6. The van der Waals surface area contributed by atoms with Crippen molar-refractivity contribution in [2.45, 2.75) is 26.2 Å². The van der Waals surface area contributed by atoms with Crippen molar-refractivity contribution < 1.29 is 18.0 Å². The number of benzene rings is 2. The number of hydrogen-bond acceptors (Lipinski definition) is 7. The molecule has 178 valence electrons. The lowest BCUT2D eigenvalue weighted by Gasteiger charge is -2.14. The molecule has 9 nitrogen and oxygen atoms in total. The lowest BCUT2D eigenvalue weighted by atomic mass is 10.0. The first kappa shape index (κ1) is 22.8. The molecule has 5 rings (SSSR count). The van der Waals surface area contributed by atoms with Crippen LogP contribution in [0.3, 0.4) is 0 Å². The number of fused-ring (bicyclic) bond motifs is 1. The number of nitrogens with one attached hydrogen (secondary N) is 2. The molecular formula is C22H17F3N8OS. The molecule has 0 saturated carbocycles. The Morgan fingerprint density at radius 2 is 2.06 bits per heavy atom. The van der Waals surface area contributed by atoms with Crippen molar-refractivity contribution in [3.8, 4) is 0 Å². The molecule has 13 heteroatoms. The predicted molar refractivity (Wildman–Crippen MR) is 124 cm³/mol. The average Bonchev–Trinajstić information content (AvgIpc) is 3.54. The molecule has 1 amide bonds. The summed E-state index contributed by atoms with van der Waals surface area (Å²) in [4.78, 5) is 17.0. The summed E-state index contributed by atoms with van der Waals surface area (Å²) in [6.45, 7) is 1.79. The van der Waals surface area contributed by atoms with Gasteiger partial charge >= 0.3 is 6.18 Å². The van der Waals surface area contributed by atoms with Crippen LogP contribution >= 0.6 is 11.8 Å². The van der Waals surface area contributed by atoms with Gasteiger partial charge in [0.15, 0.2) is 11.0 Å². The smallest absolute Gasteiger partial charge is 0.301 e. The predicted octanol–water partition coefficient (Wildman–Crippen LogP) is 3.69. The molecule has 0 spiro atoms. The summed E-state index contributed by atoms with van der Waals surface area (Å²) in [7, 11) is 0. The lowest BCUT2D eigenvalue weighted by Crippen LogP contribution is -2.19. The lowest BCUT2D eigenvalue weighted by molar-refractivity contribution is -0.138. The Labute approximate surface area is 200 Å². The van der Waals surface area contributed by atoms with Crippen molar-refractivity contribution in [1.82, 2.24) is 35.7 Å². The van der Waals surface area contributed by atoms with Gasteiger partial charge in [-0.3, -0.25) is 14.5 Å². The molecule has 0 atom stereocenters. The largest absolute Gasteiger partial charge is 0.416 e. The van der Waals surface area contributed by atoms with Crippen LogP contribution in [-0.2, 0) is 24.1 Å². The van der Waals surface area contributed by atoms with E-state index in [1.807, 2.05) is 6.07 Å². The van der Waals surface area contributed by atoms with E-state index in [0.717, 1.165) is 17.0 Å². The fourth-order valence-corrected chi connectivity index (χ4v) is 4.44. The van der Waals surface area contributed by atoms with Crippen LogP contribution < -0.4 is 5.32 Å². The first-order chi connectivity index (χ1) is 16.8. The molecule has 0 bridgehead atoms. The van der Waals surface area contributed by atoms with Gasteiger partial charge in [0.1, 0.15) is 6.54 Å². The number of alkyl halides is 3. The Morgan fingerprint density at radius 3 is 2.83 bits per heavy atom. The van der Waals surface area contributed by atoms with Gasteiger partial charge in [0.05, 0.1) is 28.7 Å². The Bertz CT molecular complexity index is 1470. The Kier molecular flexibility index (Phi) is 5.84. The van der Waals surface area contributed by atoms with E-state index in [0.29, 0.717) is 27.0 Å². The molecule has 0 radical (unpaired) electrons. The van der Waals surface area contributed by atoms with E-state index >= 15 is 0 Å². The number of nitrogens with zero attached hydrogens (tertiary/aromatic N) is 6. The highest BCUT2D eigenvalue weighted by Crippen LogP contribution is 2.33. The highest BCUT2D eigenvalue weighted by molar-refractivity contribution is 8.18. The summed E-state index contributed by atoms with van der Waals surface area (Å²) in [5.74, 6) is 0.122. The minimum absolute atomic E-state index is 0.0164. The number of aromatic amines is 1. The maximum Gasteiger partial charge on any atom is 0.416 e. The maximum atomic E-state index is 13.5. The van der Waals surface area contributed by atoms with Crippen LogP contribution in [-0.4, -0.2) is 41.5 Å². The van der Waals surface area contributed by atoms with Crippen molar-refractivity contribution in [3.63, 3.8) is 0 Å². The molecule has 1 aliphatic rings. The number of carbonyl (C=O) groups excluding carboxylic acids is 1. The van der Waals surface area contributed by atoms with Crippen LogP contribution in [0.25, 0.3) is 17.0 Å². The standard InChI is InChI=1S/C22H17F3N8OS/c1-12-2-4-14(16(6-12)22(23,24)25)11-33-17-5-3-13(7-15(17)9-27-33)8-18-20(34)28-21(35-18)26-10-19-29-31-32-30-19/h2-9H,10-11H2,1H3,(H,26,28,34)(H,29,30,31,32)/b18-8-. The van der Waals surface area contributed by atoms with Gasteiger partial charge in [0.25, 0.3) is 5.91 Å². The van der Waals surface area contributed by atoms with Gasteiger partial charge in [-0.1, -0.05) is 29.0 Å². The third-order valence-electron chi connectivity index (χ3n) is 5.26. The maximum absolute atomic E-state index is 13.5. The average molecular weight is 498 g/mol. The number of aryl methyl sites for hydroxylation is 1. The van der Waals surface area contributed by atoms with E-state index in [1.165, 1.54) is 22.5 Å². The Hall–Kier alpha value is -4.00. The molecule has 1 fully saturated rings. The second-order valence-electron chi connectivity index (χ2n) is 7.79. The number of aromatic nitrogens is 6. The number of thioether (sulfide) groups is 1. The van der Waals surface area contributed by atoms with Gasteiger partial charge in [-0.05, 0) is 54.1 Å². The molecule has 1 saturated heterocycles. The third-order valence-corrected chi connectivity index (χ3v) is 6.21. The molecule has 2 aromatic heterocycles. The van der Waals surface area contributed by atoms with E-state index < -0.39 is 11.7 Å². The second-order valence-corrected chi connectivity index (χ2v) is 8.82. The number of aliphatic imine (C=N–C) groups is 1. The number of H-pyrrole nitrogens is 1. The van der Waals surface area contributed by atoms with Gasteiger partial charge in [0, 0.05) is 5.39 Å². The number of amidine groups is 1. The number of halogens is 3. The fraction of sp³-hybridized carbons (Fsp3) is 0.182. The van der Waals surface area contributed by atoms with Crippen LogP contribution in [0.2, 0.25) is 0 Å². The van der Waals surface area contributed by atoms with Crippen LogP contribution in [0.15, 0.2) is 52.5 Å². The zero-order valence-electron chi connectivity index (χ0n) is 18.2. The van der Waals surface area contributed by atoms with Crippen LogP contribution in [0.4, 0.5) is 13.2 Å². The van der Waals surface area contributed by atoms with Crippen molar-refractivity contribution in [3.05, 3.63) is 75.6 Å². The highest BCUT2D eigenvalue weighted by Gasteiger charge is 2.33. The van der Waals surface area contributed by atoms with Gasteiger partial charge in [-0.2, -0.15) is 23.5 Å². The van der Waals surface area contributed by atoms with Crippen molar-refractivity contribution >= 4 is 39.8 Å². The van der Waals surface area contributed by atoms with E-state index in [9.17, 15) is 18.0 Å². The second kappa shape index (κ2) is 8.98. The zero-order valence-corrected chi connectivity index (χ0v) is 19.0. The number of rotatable bonds is 5. The summed E-state index contributed by atoms with van der Waals surface area (Å²) < 4.78 is 42.1. The minimum atomic E-state index is -4.45. The first-order valence-corrected chi connectivity index (χ1v) is 11.2. The summed E-state index contributed by atoms with van der Waals surface area (Å²) in [6, 6.07) is 9.68. The normalized spacial score (nSPS) is 16.5. The van der Waals surface area contributed by atoms with Crippen LogP contribution in [0, 0.1) is 6.92 Å². The summed E-state index contributed by atoms with van der Waals surface area (Å²) in [6.07, 6.45) is -1.13. The van der Waals surface area contributed by atoms with Crippen molar-refractivity contribution in [2.24, 2.45) is 4.99 Å². The number of carbonyl (C=O) groups is 1. The fourth-order valence-electron chi connectivity index (χ4n) is 3.62. The van der Waals surface area contributed by atoms with Crippen LogP contribution in [0.5, 0.6) is 0 Å². The molecule has 1 aliphatic heterocycles. The topological polar surface area (TPSA) is 114 Å². The quantitative estimate of drug-likeness (QED) is 0.406. The minimum Gasteiger partial charge on any atom is -0.301 e. The summed E-state index contributed by atoms with van der Waals surface area (Å²) in [5, 5.41) is 21.6. The monoisotopic (exact) mass is 498 g/mol. The van der Waals surface area contributed by atoms with Crippen molar-refractivity contribution in [2.75, 3.05) is 0 Å². The van der Waals surface area contributed by atoms with Gasteiger partial charge in [0.2, 0.25) is 0 Å². The summed E-state index contributed by atoms with van der Waals surface area (Å²) in [5.41, 5.74) is 1.46. The molecule has 3 heterocycles.